The van der Waals surface area contributed by atoms with Crippen LogP contribution in [-0.2, 0) is 4.84 Å². The Bertz CT molecular complexity index is 941. The van der Waals surface area contributed by atoms with Crippen LogP contribution < -0.4 is 0 Å². The number of benzene rings is 2. The molecule has 3 aromatic rings. The highest BCUT2D eigenvalue weighted by Crippen LogP contribution is 2.24. The van der Waals surface area contributed by atoms with Crippen LogP contribution in [0.15, 0.2) is 48.8 Å². The molecule has 0 atom stereocenters. The Morgan fingerprint density at radius 3 is 2.39 bits per heavy atom. The zero-order valence-electron chi connectivity index (χ0n) is 11.6. The van der Waals surface area contributed by atoms with E-state index >= 15 is 0 Å². The fraction of sp³-hybridized carbons (Fsp3) is 0. The van der Waals surface area contributed by atoms with Crippen molar-refractivity contribution in [3.63, 3.8) is 0 Å². The van der Waals surface area contributed by atoms with Gasteiger partial charge in [-0.15, -0.1) is 0 Å². The first-order valence-electron chi connectivity index (χ1n) is 6.79. The van der Waals surface area contributed by atoms with Gasteiger partial charge in [0.1, 0.15) is 5.52 Å². The van der Waals surface area contributed by atoms with Gasteiger partial charge in [-0.3, -0.25) is 9.59 Å². The summed E-state index contributed by atoms with van der Waals surface area (Å²) in [6.45, 7) is 0. The monoisotopic (exact) mass is 307 g/mol. The van der Waals surface area contributed by atoms with Gasteiger partial charge in [-0.1, -0.05) is 23.3 Å². The molecule has 0 aliphatic carbocycles. The Balaban J connectivity index is 1.67. The number of amides is 2. The van der Waals surface area contributed by atoms with Crippen molar-refractivity contribution in [3.8, 4) is 0 Å². The Labute approximate surface area is 129 Å². The van der Waals surface area contributed by atoms with Gasteiger partial charge in [-0.25, -0.2) is 9.78 Å². The second kappa shape index (κ2) is 4.77. The van der Waals surface area contributed by atoms with Crippen molar-refractivity contribution in [2.24, 2.45) is 0 Å². The third kappa shape index (κ3) is 1.90. The molecule has 0 saturated carbocycles. The summed E-state index contributed by atoms with van der Waals surface area (Å²) in [5, 5.41) is 0.485. The van der Waals surface area contributed by atoms with E-state index in [9.17, 15) is 14.4 Å². The Hall–Kier alpha value is -3.48. The number of imide groups is 1. The van der Waals surface area contributed by atoms with E-state index in [1.165, 1.54) is 24.5 Å². The second-order valence-electron chi connectivity index (χ2n) is 4.93. The van der Waals surface area contributed by atoms with Gasteiger partial charge in [0, 0.05) is 0 Å². The van der Waals surface area contributed by atoms with Crippen molar-refractivity contribution in [3.05, 3.63) is 65.5 Å². The molecule has 0 bridgehead atoms. The maximum absolute atomic E-state index is 12.3. The molecule has 7 nitrogen and oxygen atoms in total. The molecule has 1 aliphatic rings. The van der Waals surface area contributed by atoms with Crippen LogP contribution in [0.4, 0.5) is 0 Å². The van der Waals surface area contributed by atoms with Crippen LogP contribution in [0, 0.1) is 0 Å². The number of hydroxylamine groups is 2. The molecule has 2 amide bonds. The molecule has 2 heterocycles. The van der Waals surface area contributed by atoms with E-state index in [0.29, 0.717) is 16.1 Å². The highest BCUT2D eigenvalue weighted by molar-refractivity contribution is 6.21. The number of carbonyl (C=O) groups excluding carboxylic acids is 3. The minimum absolute atomic E-state index is 0.167. The van der Waals surface area contributed by atoms with Crippen molar-refractivity contribution in [1.82, 2.24) is 15.0 Å². The molecule has 0 unspecified atom stereocenters. The van der Waals surface area contributed by atoms with Crippen LogP contribution in [0.2, 0.25) is 0 Å². The standard InChI is InChI=1S/C16H9N3O4/c20-14-9-4-1-2-5-10(9)15(21)19(14)23-16(22)11-6-3-7-12-13(11)18-8-17-12/h1-8H,(H,17,18). The molecule has 0 radical (unpaired) electrons. The fourth-order valence-corrected chi connectivity index (χ4v) is 2.51. The van der Waals surface area contributed by atoms with E-state index in [1.54, 1.807) is 24.3 Å². The third-order valence-electron chi connectivity index (χ3n) is 3.60. The first-order chi connectivity index (χ1) is 11.2. The molecule has 1 N–H and O–H groups in total. The Kier molecular flexibility index (Phi) is 2.74. The fourth-order valence-electron chi connectivity index (χ4n) is 2.51. The SMILES string of the molecule is O=C(ON1C(=O)c2ccccc2C1=O)c1cccc2[nH]cnc12. The number of carbonyl (C=O) groups is 3. The van der Waals surface area contributed by atoms with Crippen LogP contribution in [0.25, 0.3) is 11.0 Å². The van der Waals surface area contributed by atoms with E-state index < -0.39 is 17.8 Å². The summed E-state index contributed by atoms with van der Waals surface area (Å²) in [7, 11) is 0. The number of hydrogen-bond donors (Lipinski definition) is 1. The summed E-state index contributed by atoms with van der Waals surface area (Å²) in [6.07, 6.45) is 1.45. The largest absolute Gasteiger partial charge is 0.366 e. The van der Waals surface area contributed by atoms with Gasteiger partial charge in [0.2, 0.25) is 0 Å². The van der Waals surface area contributed by atoms with Crippen LogP contribution in [0.1, 0.15) is 31.1 Å². The highest BCUT2D eigenvalue weighted by Gasteiger charge is 2.39. The summed E-state index contributed by atoms with van der Waals surface area (Å²) < 4.78 is 0. The lowest BCUT2D eigenvalue weighted by Crippen LogP contribution is -2.32. The van der Waals surface area contributed by atoms with Crippen LogP contribution in [0.3, 0.4) is 0 Å². The Morgan fingerprint density at radius 2 is 1.70 bits per heavy atom. The second-order valence-corrected chi connectivity index (χ2v) is 4.93. The lowest BCUT2D eigenvalue weighted by atomic mass is 10.1. The van der Waals surface area contributed by atoms with Gasteiger partial charge in [0.05, 0.1) is 28.5 Å². The van der Waals surface area contributed by atoms with Crippen LogP contribution >= 0.6 is 0 Å². The molecule has 1 aromatic heterocycles. The summed E-state index contributed by atoms with van der Waals surface area (Å²) in [6, 6.07) is 11.2. The van der Waals surface area contributed by atoms with E-state index in [1.807, 2.05) is 0 Å². The van der Waals surface area contributed by atoms with Gasteiger partial charge in [0.15, 0.2) is 0 Å². The van der Waals surface area contributed by atoms with Gasteiger partial charge >= 0.3 is 5.97 Å². The van der Waals surface area contributed by atoms with E-state index in [-0.39, 0.29) is 16.7 Å². The number of nitrogens with zero attached hydrogens (tertiary/aromatic N) is 2. The molecule has 4 rings (SSSR count). The zero-order valence-corrected chi connectivity index (χ0v) is 11.6. The van der Waals surface area contributed by atoms with Gasteiger partial charge < -0.3 is 9.82 Å². The molecule has 0 fully saturated rings. The van der Waals surface area contributed by atoms with E-state index in [2.05, 4.69) is 9.97 Å². The normalized spacial score (nSPS) is 13.5. The predicted molar refractivity (Wildman–Crippen MR) is 78.5 cm³/mol. The third-order valence-corrected chi connectivity index (χ3v) is 3.60. The smallest absolute Gasteiger partial charge is 0.345 e. The zero-order chi connectivity index (χ0) is 16.0. The summed E-state index contributed by atoms with van der Waals surface area (Å²) >= 11 is 0. The summed E-state index contributed by atoms with van der Waals surface area (Å²) in [5.74, 6) is -2.14. The molecule has 1 aliphatic heterocycles. The topological polar surface area (TPSA) is 92.4 Å². The number of rotatable bonds is 2. The molecule has 7 heteroatoms. The molecular weight excluding hydrogens is 298 g/mol. The molecule has 0 saturated heterocycles. The number of nitrogens with one attached hydrogen (secondary N) is 1. The van der Waals surface area contributed by atoms with Gasteiger partial charge in [-0.05, 0) is 24.3 Å². The summed E-state index contributed by atoms with van der Waals surface area (Å²) in [4.78, 5) is 48.7. The van der Waals surface area contributed by atoms with Crippen LogP contribution in [0.5, 0.6) is 0 Å². The number of para-hydroxylation sites is 1. The van der Waals surface area contributed by atoms with Crippen molar-refractivity contribution in [2.45, 2.75) is 0 Å². The van der Waals surface area contributed by atoms with E-state index in [0.717, 1.165) is 0 Å². The lowest BCUT2D eigenvalue weighted by Gasteiger charge is -2.12. The number of aromatic amines is 1. The van der Waals surface area contributed by atoms with Crippen molar-refractivity contribution in [2.75, 3.05) is 0 Å². The predicted octanol–water partition coefficient (Wildman–Crippen LogP) is 1.93. The maximum Gasteiger partial charge on any atom is 0.366 e. The average Bonchev–Trinajstić information content (AvgIpc) is 3.14. The molecule has 0 spiro atoms. The molecule has 112 valence electrons. The first kappa shape index (κ1) is 13.2. The first-order valence-corrected chi connectivity index (χ1v) is 6.79. The quantitative estimate of drug-likeness (QED) is 0.730. The average molecular weight is 307 g/mol. The van der Waals surface area contributed by atoms with E-state index in [4.69, 9.17) is 4.84 Å². The van der Waals surface area contributed by atoms with Gasteiger partial charge in [0.25, 0.3) is 11.8 Å². The highest BCUT2D eigenvalue weighted by atomic mass is 16.7. The number of aromatic nitrogens is 2. The lowest BCUT2D eigenvalue weighted by molar-refractivity contribution is -0.0583. The van der Waals surface area contributed by atoms with Crippen molar-refractivity contribution in [1.29, 1.82) is 0 Å². The Morgan fingerprint density at radius 1 is 1.00 bits per heavy atom. The van der Waals surface area contributed by atoms with Crippen molar-refractivity contribution >= 4 is 28.8 Å². The molecule has 23 heavy (non-hydrogen) atoms. The number of hydrogen-bond acceptors (Lipinski definition) is 5. The minimum atomic E-state index is -0.822. The van der Waals surface area contributed by atoms with Crippen molar-refractivity contribution < 1.29 is 19.2 Å². The molecular formula is C16H9N3O4. The molecule has 2 aromatic carbocycles. The number of H-pyrrole nitrogens is 1. The minimum Gasteiger partial charge on any atom is -0.345 e. The number of imidazole rings is 1. The summed E-state index contributed by atoms with van der Waals surface area (Å²) in [5.41, 5.74) is 1.66. The van der Waals surface area contributed by atoms with Gasteiger partial charge in [-0.2, -0.15) is 0 Å². The van der Waals surface area contributed by atoms with Crippen LogP contribution in [-0.4, -0.2) is 32.8 Å². The maximum atomic E-state index is 12.3. The number of fused-ring (bicyclic) bond motifs is 2.